The summed E-state index contributed by atoms with van der Waals surface area (Å²) >= 11 is 11.9. The number of rotatable bonds is 6. The van der Waals surface area contributed by atoms with E-state index in [0.29, 0.717) is 5.56 Å². The summed E-state index contributed by atoms with van der Waals surface area (Å²) in [5.74, 6) is -1.11. The maximum Gasteiger partial charge on any atom is 0.325 e. The quantitative estimate of drug-likeness (QED) is 0.364. The second-order valence-electron chi connectivity index (χ2n) is 3.32. The molecule has 8 heteroatoms. The molecule has 0 spiro atoms. The van der Waals surface area contributed by atoms with Crippen molar-refractivity contribution in [2.45, 2.75) is 6.04 Å². The van der Waals surface area contributed by atoms with Crippen molar-refractivity contribution in [3.63, 3.8) is 0 Å². The summed E-state index contributed by atoms with van der Waals surface area (Å²) in [4.78, 5) is 13.8. The highest BCUT2D eigenvalue weighted by molar-refractivity contribution is 6.36. The van der Waals surface area contributed by atoms with E-state index in [9.17, 15) is 4.79 Å². The molecule has 1 atom stereocenters. The number of carbonyl (C=O) groups is 1. The zero-order chi connectivity index (χ0) is 13.5. The van der Waals surface area contributed by atoms with Gasteiger partial charge in [0.25, 0.3) is 0 Å². The molecule has 0 saturated carbocycles. The molecular formula is C10H10Cl2N4O2. The van der Waals surface area contributed by atoms with Gasteiger partial charge < -0.3 is 10.4 Å². The Hall–Kier alpha value is -1.46. The van der Waals surface area contributed by atoms with Crippen LogP contribution in [0.2, 0.25) is 10.0 Å². The highest BCUT2D eigenvalue weighted by Crippen LogP contribution is 2.30. The maximum atomic E-state index is 11.2. The van der Waals surface area contributed by atoms with Crippen LogP contribution < -0.4 is 5.32 Å². The minimum Gasteiger partial charge on any atom is -0.480 e. The summed E-state index contributed by atoms with van der Waals surface area (Å²) in [7, 11) is 0. The van der Waals surface area contributed by atoms with Crippen LogP contribution in [0, 0.1) is 0 Å². The standard InChI is InChI=1S/C10H10Cl2N4O2/c11-6-2-1-3-7(12)8(6)9(10(17)18)14-4-5-15-16-13/h1-3,9,14H,4-5H2,(H,17,18). The van der Waals surface area contributed by atoms with Crippen molar-refractivity contribution in [2.24, 2.45) is 5.11 Å². The van der Waals surface area contributed by atoms with Crippen molar-refractivity contribution in [3.05, 3.63) is 44.3 Å². The number of nitrogens with one attached hydrogen (secondary N) is 1. The van der Waals surface area contributed by atoms with Gasteiger partial charge >= 0.3 is 5.97 Å². The Kier molecular flexibility index (Phi) is 5.74. The normalized spacial score (nSPS) is 11.7. The minimum atomic E-state index is -1.11. The first-order chi connectivity index (χ1) is 8.57. The number of hydrogen-bond acceptors (Lipinski definition) is 3. The first-order valence-electron chi connectivity index (χ1n) is 4.99. The Bertz CT molecular complexity index is 469. The van der Waals surface area contributed by atoms with Crippen molar-refractivity contribution in [2.75, 3.05) is 13.1 Å². The summed E-state index contributed by atoms with van der Waals surface area (Å²) in [6.45, 7) is 0.352. The van der Waals surface area contributed by atoms with Gasteiger partial charge in [0.15, 0.2) is 0 Å². The Balaban J connectivity index is 2.91. The van der Waals surface area contributed by atoms with Gasteiger partial charge in [-0.2, -0.15) is 0 Å². The summed E-state index contributed by atoms with van der Waals surface area (Å²) in [5.41, 5.74) is 8.42. The van der Waals surface area contributed by atoms with E-state index in [0.717, 1.165) is 0 Å². The fourth-order valence-electron chi connectivity index (χ4n) is 1.40. The Labute approximate surface area is 113 Å². The van der Waals surface area contributed by atoms with E-state index < -0.39 is 12.0 Å². The lowest BCUT2D eigenvalue weighted by Crippen LogP contribution is -2.30. The molecule has 0 fully saturated rings. The number of carboxylic acid groups (broad SMARTS) is 1. The van der Waals surface area contributed by atoms with Crippen molar-refractivity contribution in [1.29, 1.82) is 0 Å². The molecule has 1 rings (SSSR count). The molecule has 2 N–H and O–H groups in total. The summed E-state index contributed by atoms with van der Waals surface area (Å²) < 4.78 is 0. The second kappa shape index (κ2) is 7.08. The average Bonchev–Trinajstić information content (AvgIpc) is 2.31. The molecule has 6 nitrogen and oxygen atoms in total. The highest BCUT2D eigenvalue weighted by Gasteiger charge is 2.23. The molecule has 0 aromatic heterocycles. The summed E-state index contributed by atoms with van der Waals surface area (Å²) in [6.07, 6.45) is 0. The van der Waals surface area contributed by atoms with Gasteiger partial charge in [-0.05, 0) is 17.7 Å². The number of carboxylic acids is 1. The SMILES string of the molecule is [N-]=[N+]=NCCNC(C(=O)O)c1c(Cl)cccc1Cl. The first kappa shape index (κ1) is 14.6. The third-order valence-corrected chi connectivity index (χ3v) is 2.82. The van der Waals surface area contributed by atoms with Crippen molar-refractivity contribution >= 4 is 29.2 Å². The van der Waals surface area contributed by atoms with E-state index in [4.69, 9.17) is 33.8 Å². The molecule has 0 aliphatic rings. The summed E-state index contributed by atoms with van der Waals surface area (Å²) in [6, 6.07) is 3.72. The number of azide groups is 1. The first-order valence-corrected chi connectivity index (χ1v) is 5.74. The molecule has 0 saturated heterocycles. The van der Waals surface area contributed by atoms with E-state index in [1.54, 1.807) is 18.2 Å². The van der Waals surface area contributed by atoms with Crippen LogP contribution in [-0.2, 0) is 4.79 Å². The fraction of sp³-hybridized carbons (Fsp3) is 0.300. The molecule has 0 amide bonds. The van der Waals surface area contributed by atoms with Gasteiger partial charge in [0.05, 0.1) is 0 Å². The maximum absolute atomic E-state index is 11.2. The van der Waals surface area contributed by atoms with Gasteiger partial charge in [0, 0.05) is 33.6 Å². The van der Waals surface area contributed by atoms with Gasteiger partial charge in [-0.3, -0.25) is 4.79 Å². The zero-order valence-electron chi connectivity index (χ0n) is 9.18. The molecule has 0 heterocycles. The lowest BCUT2D eigenvalue weighted by atomic mass is 10.1. The molecule has 0 radical (unpaired) electrons. The molecule has 1 unspecified atom stereocenters. The van der Waals surface area contributed by atoms with Crippen LogP contribution >= 0.6 is 23.2 Å². The van der Waals surface area contributed by atoms with Crippen LogP contribution in [0.15, 0.2) is 23.3 Å². The van der Waals surface area contributed by atoms with E-state index in [-0.39, 0.29) is 23.1 Å². The zero-order valence-corrected chi connectivity index (χ0v) is 10.7. The Morgan fingerprint density at radius 2 is 2.11 bits per heavy atom. The van der Waals surface area contributed by atoms with Crippen molar-refractivity contribution in [1.82, 2.24) is 5.32 Å². The van der Waals surface area contributed by atoms with Gasteiger partial charge in [-0.15, -0.1) is 0 Å². The van der Waals surface area contributed by atoms with E-state index in [2.05, 4.69) is 15.3 Å². The minimum absolute atomic E-state index is 0.141. The van der Waals surface area contributed by atoms with Crippen LogP contribution in [0.4, 0.5) is 0 Å². The second-order valence-corrected chi connectivity index (χ2v) is 4.13. The predicted molar refractivity (Wildman–Crippen MR) is 68.9 cm³/mol. The van der Waals surface area contributed by atoms with Crippen molar-refractivity contribution in [3.8, 4) is 0 Å². The molecule has 0 aliphatic carbocycles. The van der Waals surface area contributed by atoms with Gasteiger partial charge in [-0.25, -0.2) is 0 Å². The lowest BCUT2D eigenvalue weighted by Gasteiger charge is -2.16. The predicted octanol–water partition coefficient (Wildman–Crippen LogP) is 3.02. The monoisotopic (exact) mass is 288 g/mol. The van der Waals surface area contributed by atoms with E-state index in [1.807, 2.05) is 0 Å². The van der Waals surface area contributed by atoms with Crippen LogP contribution in [0.25, 0.3) is 10.4 Å². The topological polar surface area (TPSA) is 98.1 Å². The largest absolute Gasteiger partial charge is 0.480 e. The van der Waals surface area contributed by atoms with Crippen LogP contribution in [0.3, 0.4) is 0 Å². The van der Waals surface area contributed by atoms with Gasteiger partial charge in [0.2, 0.25) is 0 Å². The fourth-order valence-corrected chi connectivity index (χ4v) is 2.02. The Morgan fingerprint density at radius 1 is 1.50 bits per heavy atom. The van der Waals surface area contributed by atoms with Gasteiger partial charge in [-0.1, -0.05) is 34.4 Å². The molecular weight excluding hydrogens is 279 g/mol. The van der Waals surface area contributed by atoms with Crippen molar-refractivity contribution < 1.29 is 9.90 Å². The molecule has 96 valence electrons. The molecule has 1 aromatic rings. The Morgan fingerprint density at radius 3 is 2.61 bits per heavy atom. The van der Waals surface area contributed by atoms with Crippen LogP contribution in [0.1, 0.15) is 11.6 Å². The number of benzene rings is 1. The van der Waals surface area contributed by atoms with E-state index in [1.165, 1.54) is 0 Å². The molecule has 0 aliphatic heterocycles. The smallest absolute Gasteiger partial charge is 0.325 e. The van der Waals surface area contributed by atoms with Gasteiger partial charge in [0.1, 0.15) is 6.04 Å². The number of aliphatic carboxylic acids is 1. The van der Waals surface area contributed by atoms with Crippen LogP contribution in [-0.4, -0.2) is 24.2 Å². The number of nitrogens with zero attached hydrogens (tertiary/aromatic N) is 3. The third kappa shape index (κ3) is 3.78. The summed E-state index contributed by atoms with van der Waals surface area (Å²) in [5, 5.41) is 15.7. The average molecular weight is 289 g/mol. The lowest BCUT2D eigenvalue weighted by molar-refractivity contribution is -0.139. The molecule has 1 aromatic carbocycles. The van der Waals surface area contributed by atoms with E-state index >= 15 is 0 Å². The number of halogens is 2. The molecule has 0 bridgehead atoms. The third-order valence-electron chi connectivity index (χ3n) is 2.16. The molecule has 18 heavy (non-hydrogen) atoms. The number of hydrogen-bond donors (Lipinski definition) is 2. The van der Waals surface area contributed by atoms with Crippen LogP contribution in [0.5, 0.6) is 0 Å². The highest BCUT2D eigenvalue weighted by atomic mass is 35.5.